The number of nitrogens with one attached hydrogen (secondary N) is 2. The second-order valence-corrected chi connectivity index (χ2v) is 8.86. The first-order valence-electron chi connectivity index (χ1n) is 8.10. The number of carbonyl (C=O) groups excluding carboxylic acids is 1. The molecule has 0 saturated heterocycles. The SMILES string of the molecule is O=C(Nc1ccc(S(=O)(=O)Nc2cc(Cl)c(Cl)cc2Cl)cc1F)c1ccc(F)cc1. The molecule has 0 aliphatic rings. The molecule has 0 aromatic heterocycles. The van der Waals surface area contributed by atoms with Gasteiger partial charge in [0.05, 0.1) is 31.3 Å². The molecule has 5 nitrogen and oxygen atoms in total. The summed E-state index contributed by atoms with van der Waals surface area (Å²) in [5.74, 6) is -2.21. The third kappa shape index (κ3) is 5.02. The Morgan fingerprint density at radius 3 is 2.07 bits per heavy atom. The monoisotopic (exact) mass is 490 g/mol. The highest BCUT2D eigenvalue weighted by Crippen LogP contribution is 2.33. The number of rotatable bonds is 5. The minimum atomic E-state index is -4.22. The fourth-order valence-corrected chi connectivity index (χ4v) is 4.10. The molecule has 0 heterocycles. The molecule has 156 valence electrons. The molecule has 3 rings (SSSR count). The van der Waals surface area contributed by atoms with Crippen LogP contribution >= 0.6 is 34.8 Å². The van der Waals surface area contributed by atoms with Crippen LogP contribution < -0.4 is 10.0 Å². The van der Waals surface area contributed by atoms with Crippen molar-refractivity contribution in [2.45, 2.75) is 4.90 Å². The number of anilines is 2. The van der Waals surface area contributed by atoms with E-state index in [2.05, 4.69) is 10.0 Å². The average Bonchev–Trinajstić information content (AvgIpc) is 2.68. The second-order valence-electron chi connectivity index (χ2n) is 5.95. The lowest BCUT2D eigenvalue weighted by Gasteiger charge is -2.12. The Balaban J connectivity index is 1.82. The van der Waals surface area contributed by atoms with E-state index in [0.717, 1.165) is 30.3 Å². The Morgan fingerprint density at radius 2 is 1.43 bits per heavy atom. The fourth-order valence-electron chi connectivity index (χ4n) is 2.36. The van der Waals surface area contributed by atoms with Gasteiger partial charge in [-0.2, -0.15) is 0 Å². The van der Waals surface area contributed by atoms with Gasteiger partial charge in [0.2, 0.25) is 0 Å². The van der Waals surface area contributed by atoms with Crippen molar-refractivity contribution >= 4 is 62.1 Å². The summed E-state index contributed by atoms with van der Waals surface area (Å²) >= 11 is 17.6. The molecule has 3 aromatic carbocycles. The van der Waals surface area contributed by atoms with E-state index in [-0.39, 0.29) is 32.0 Å². The van der Waals surface area contributed by atoms with Crippen LogP contribution in [0.25, 0.3) is 0 Å². The quantitative estimate of drug-likeness (QED) is 0.431. The first-order valence-corrected chi connectivity index (χ1v) is 10.7. The molecule has 0 aliphatic heterocycles. The third-order valence-corrected chi connectivity index (χ3v) is 6.26. The van der Waals surface area contributed by atoms with Crippen molar-refractivity contribution in [2.24, 2.45) is 0 Å². The highest BCUT2D eigenvalue weighted by Gasteiger charge is 2.19. The molecule has 0 spiro atoms. The lowest BCUT2D eigenvalue weighted by Crippen LogP contribution is -2.15. The number of benzene rings is 3. The molecule has 0 fully saturated rings. The van der Waals surface area contributed by atoms with Gasteiger partial charge in [-0.1, -0.05) is 34.8 Å². The van der Waals surface area contributed by atoms with Crippen molar-refractivity contribution in [1.29, 1.82) is 0 Å². The Hall–Kier alpha value is -2.39. The van der Waals surface area contributed by atoms with Crippen LogP contribution in [0.3, 0.4) is 0 Å². The molecular weight excluding hydrogens is 481 g/mol. The number of sulfonamides is 1. The van der Waals surface area contributed by atoms with E-state index in [1.807, 2.05) is 0 Å². The highest BCUT2D eigenvalue weighted by atomic mass is 35.5. The Bertz CT molecular complexity index is 1240. The Labute approximate surface area is 185 Å². The molecule has 0 radical (unpaired) electrons. The zero-order valence-corrected chi connectivity index (χ0v) is 17.8. The summed E-state index contributed by atoms with van der Waals surface area (Å²) in [5.41, 5.74) is -0.195. The smallest absolute Gasteiger partial charge is 0.262 e. The van der Waals surface area contributed by atoms with Crippen molar-refractivity contribution in [3.8, 4) is 0 Å². The van der Waals surface area contributed by atoms with Gasteiger partial charge in [-0.3, -0.25) is 9.52 Å². The Morgan fingerprint density at radius 1 is 0.800 bits per heavy atom. The zero-order chi connectivity index (χ0) is 22.1. The normalized spacial score (nSPS) is 11.2. The van der Waals surface area contributed by atoms with E-state index in [4.69, 9.17) is 34.8 Å². The summed E-state index contributed by atoms with van der Waals surface area (Å²) in [6, 6.07) is 10.0. The predicted octanol–water partition coefficient (Wildman–Crippen LogP) is 5.98. The molecule has 30 heavy (non-hydrogen) atoms. The Kier molecular flexibility index (Phi) is 6.52. The maximum absolute atomic E-state index is 14.4. The van der Waals surface area contributed by atoms with Crippen molar-refractivity contribution in [3.63, 3.8) is 0 Å². The molecule has 0 atom stereocenters. The fraction of sp³-hybridized carbons (Fsp3) is 0. The number of hydrogen-bond donors (Lipinski definition) is 2. The van der Waals surface area contributed by atoms with Gasteiger partial charge in [-0.25, -0.2) is 17.2 Å². The van der Waals surface area contributed by atoms with Crippen molar-refractivity contribution in [3.05, 3.63) is 86.9 Å². The average molecular weight is 492 g/mol. The molecule has 0 bridgehead atoms. The zero-order valence-electron chi connectivity index (χ0n) is 14.7. The molecule has 1 amide bonds. The van der Waals surface area contributed by atoms with Gasteiger partial charge in [0.1, 0.15) is 11.6 Å². The van der Waals surface area contributed by atoms with E-state index < -0.39 is 32.5 Å². The van der Waals surface area contributed by atoms with Crippen LogP contribution in [-0.4, -0.2) is 14.3 Å². The molecule has 2 N–H and O–H groups in total. The molecule has 3 aromatic rings. The van der Waals surface area contributed by atoms with Crippen LogP contribution in [0, 0.1) is 11.6 Å². The first kappa shape index (κ1) is 22.3. The van der Waals surface area contributed by atoms with Gasteiger partial charge >= 0.3 is 0 Å². The highest BCUT2D eigenvalue weighted by molar-refractivity contribution is 7.92. The summed E-state index contributed by atoms with van der Waals surface area (Å²) in [7, 11) is -4.22. The number of hydrogen-bond acceptors (Lipinski definition) is 3. The second kappa shape index (κ2) is 8.77. The van der Waals surface area contributed by atoms with E-state index in [1.54, 1.807) is 0 Å². The largest absolute Gasteiger partial charge is 0.319 e. The number of halogens is 5. The van der Waals surface area contributed by atoms with Crippen LogP contribution in [0.15, 0.2) is 59.5 Å². The molecule has 11 heteroatoms. The van der Waals surface area contributed by atoms with E-state index in [1.165, 1.54) is 24.3 Å². The number of amides is 1. The molecule has 0 aliphatic carbocycles. The van der Waals surface area contributed by atoms with Crippen LogP contribution in [0.2, 0.25) is 15.1 Å². The standard InChI is InChI=1S/C19H11Cl3F2N2O3S/c20-13-8-15(22)18(9-14(13)21)26-30(28,29)12-5-6-17(16(24)7-12)25-19(27)10-1-3-11(23)4-2-10/h1-9,26H,(H,25,27). The maximum Gasteiger partial charge on any atom is 0.262 e. The van der Waals surface area contributed by atoms with Crippen LogP contribution in [0.1, 0.15) is 10.4 Å². The number of carbonyl (C=O) groups is 1. The predicted molar refractivity (Wildman–Crippen MR) is 113 cm³/mol. The minimum Gasteiger partial charge on any atom is -0.319 e. The van der Waals surface area contributed by atoms with E-state index in [9.17, 15) is 22.0 Å². The summed E-state index contributed by atoms with van der Waals surface area (Å²) in [6.07, 6.45) is 0. The minimum absolute atomic E-state index is 0.00312. The van der Waals surface area contributed by atoms with Crippen molar-refractivity contribution in [1.82, 2.24) is 0 Å². The van der Waals surface area contributed by atoms with Gasteiger partial charge in [0.25, 0.3) is 15.9 Å². The van der Waals surface area contributed by atoms with Crippen LogP contribution in [0.5, 0.6) is 0 Å². The summed E-state index contributed by atoms with van der Waals surface area (Å²) in [4.78, 5) is 11.7. The topological polar surface area (TPSA) is 75.3 Å². The van der Waals surface area contributed by atoms with Gasteiger partial charge in [0.15, 0.2) is 0 Å². The molecule has 0 saturated carbocycles. The summed E-state index contributed by atoms with van der Waals surface area (Å²) in [6.45, 7) is 0. The van der Waals surface area contributed by atoms with Crippen LogP contribution in [0.4, 0.5) is 20.2 Å². The van der Waals surface area contributed by atoms with Gasteiger partial charge in [-0.05, 0) is 54.6 Å². The van der Waals surface area contributed by atoms with Gasteiger partial charge in [0, 0.05) is 5.56 Å². The van der Waals surface area contributed by atoms with Gasteiger partial charge in [-0.15, -0.1) is 0 Å². The van der Waals surface area contributed by atoms with E-state index >= 15 is 0 Å². The van der Waals surface area contributed by atoms with Crippen molar-refractivity contribution in [2.75, 3.05) is 10.0 Å². The van der Waals surface area contributed by atoms with Gasteiger partial charge < -0.3 is 5.32 Å². The lowest BCUT2D eigenvalue weighted by atomic mass is 10.2. The third-order valence-electron chi connectivity index (χ3n) is 3.86. The maximum atomic E-state index is 14.4. The van der Waals surface area contributed by atoms with Crippen molar-refractivity contribution < 1.29 is 22.0 Å². The summed E-state index contributed by atoms with van der Waals surface area (Å²) < 4.78 is 54.7. The molecular formula is C19H11Cl3F2N2O3S. The lowest BCUT2D eigenvalue weighted by molar-refractivity contribution is 0.102. The van der Waals surface area contributed by atoms with Crippen LogP contribution in [-0.2, 0) is 10.0 Å². The first-order chi connectivity index (χ1) is 14.1. The van der Waals surface area contributed by atoms with E-state index in [0.29, 0.717) is 0 Å². The molecule has 0 unspecified atom stereocenters. The summed E-state index contributed by atoms with van der Waals surface area (Å²) in [5, 5.41) is 2.50.